The van der Waals surface area contributed by atoms with E-state index in [1.54, 1.807) is 18.2 Å². The van der Waals surface area contributed by atoms with E-state index in [-0.39, 0.29) is 32.1 Å². The van der Waals surface area contributed by atoms with Crippen LogP contribution in [0.5, 0.6) is 11.5 Å². The number of thioether (sulfide) groups is 1. The first-order valence-electron chi connectivity index (χ1n) is 11.3. The van der Waals surface area contributed by atoms with Crippen molar-refractivity contribution in [3.8, 4) is 11.5 Å². The molecule has 210 valence electrons. The molecule has 0 fully saturated rings. The van der Waals surface area contributed by atoms with Crippen LogP contribution in [0.2, 0.25) is 15.1 Å². The van der Waals surface area contributed by atoms with Crippen LogP contribution in [-0.2, 0) is 15.8 Å². The summed E-state index contributed by atoms with van der Waals surface area (Å²) in [4.78, 5) is 12.8. The third-order valence-corrected chi connectivity index (χ3v) is 10.3. The van der Waals surface area contributed by atoms with Gasteiger partial charge >= 0.3 is 0 Å². The minimum atomic E-state index is -4.10. The van der Waals surface area contributed by atoms with E-state index in [0.717, 1.165) is 9.87 Å². The highest BCUT2D eigenvalue weighted by atomic mass is 35.5. The molecule has 0 radical (unpaired) electrons. The second kappa shape index (κ2) is 12.8. The highest BCUT2D eigenvalue weighted by molar-refractivity contribution is 8.00. The van der Waals surface area contributed by atoms with Crippen LogP contribution in [0, 0.1) is 0 Å². The molecule has 4 aromatic rings. The molecule has 0 bridgehead atoms. The Morgan fingerprint density at radius 1 is 0.975 bits per heavy atom. The third-order valence-electron chi connectivity index (χ3n) is 5.58. The first kappa shape index (κ1) is 30.2. The van der Waals surface area contributed by atoms with Crippen LogP contribution in [0.3, 0.4) is 0 Å². The summed E-state index contributed by atoms with van der Waals surface area (Å²) in [5.74, 6) is 0.492. The number of nitrogens with zero attached hydrogens (tertiary/aromatic N) is 3. The Balaban J connectivity index is 1.49. The summed E-state index contributed by atoms with van der Waals surface area (Å²) in [5, 5.41) is 12.3. The van der Waals surface area contributed by atoms with E-state index < -0.39 is 15.9 Å². The molecule has 0 atom stereocenters. The summed E-state index contributed by atoms with van der Waals surface area (Å²) in [6, 6.07) is 13.8. The number of methoxy groups -OCH3 is 2. The molecule has 0 aliphatic heterocycles. The lowest BCUT2D eigenvalue weighted by Crippen LogP contribution is -2.27. The molecule has 4 rings (SSSR count). The Bertz CT molecular complexity index is 1650. The van der Waals surface area contributed by atoms with Gasteiger partial charge in [-0.05, 0) is 42.0 Å². The van der Waals surface area contributed by atoms with Crippen LogP contribution in [0.1, 0.15) is 15.9 Å². The molecule has 1 amide bonds. The number of nitrogens with one attached hydrogen (secondary N) is 1. The smallest absolute Gasteiger partial charge is 0.264 e. The largest absolute Gasteiger partial charge is 0.495 e. The van der Waals surface area contributed by atoms with Crippen LogP contribution >= 0.6 is 57.9 Å². The van der Waals surface area contributed by atoms with Crippen molar-refractivity contribution in [2.45, 2.75) is 15.0 Å². The van der Waals surface area contributed by atoms with Crippen molar-refractivity contribution in [1.29, 1.82) is 0 Å². The minimum Gasteiger partial charge on any atom is -0.495 e. The second-order valence-corrected chi connectivity index (χ2v) is 13.4. The molecule has 0 unspecified atom stereocenters. The fourth-order valence-electron chi connectivity index (χ4n) is 3.47. The van der Waals surface area contributed by atoms with Crippen molar-refractivity contribution in [3.05, 3.63) is 80.8 Å². The molecular formula is C25H21Cl3N4O5S3. The summed E-state index contributed by atoms with van der Waals surface area (Å²) in [6.07, 6.45) is 0. The van der Waals surface area contributed by atoms with Gasteiger partial charge in [-0.25, -0.2) is 8.42 Å². The van der Waals surface area contributed by atoms with E-state index in [9.17, 15) is 13.2 Å². The zero-order valence-corrected chi connectivity index (χ0v) is 25.9. The zero-order valence-electron chi connectivity index (χ0n) is 21.1. The van der Waals surface area contributed by atoms with Gasteiger partial charge in [-0.15, -0.1) is 10.2 Å². The Labute approximate surface area is 254 Å². The summed E-state index contributed by atoms with van der Waals surface area (Å²) < 4.78 is 39.1. The van der Waals surface area contributed by atoms with Crippen LogP contribution in [0.15, 0.2) is 63.8 Å². The van der Waals surface area contributed by atoms with Gasteiger partial charge in [-0.2, -0.15) is 0 Å². The molecule has 0 aliphatic carbocycles. The minimum absolute atomic E-state index is 0.109. The maximum Gasteiger partial charge on any atom is 0.264 e. The number of anilines is 2. The average molecular weight is 660 g/mol. The number of aromatic nitrogens is 2. The standard InChI is InChI=1S/C25H21Cl3N4O5S3/c1-32(20-11-19(28)21(36-2)12-22(20)37-3)40(34,35)15-7-4-6-14(10-15)23(33)29-24-30-31-25(39-24)38-13-16-17(26)8-5-9-18(16)27/h4-12H,13H2,1-3H3,(H,29,30,33). The van der Waals surface area contributed by atoms with E-state index in [4.69, 9.17) is 44.3 Å². The maximum absolute atomic E-state index is 13.5. The van der Waals surface area contributed by atoms with E-state index in [2.05, 4.69) is 15.5 Å². The number of ether oxygens (including phenoxy) is 2. The summed E-state index contributed by atoms with van der Waals surface area (Å²) in [7, 11) is 0.101. The third kappa shape index (κ3) is 6.59. The van der Waals surface area contributed by atoms with Gasteiger partial charge in [0.05, 0.1) is 29.8 Å². The number of sulfonamides is 1. The van der Waals surface area contributed by atoms with E-state index in [1.807, 2.05) is 0 Å². The van der Waals surface area contributed by atoms with Crippen molar-refractivity contribution in [3.63, 3.8) is 0 Å². The SMILES string of the molecule is COc1cc(OC)c(N(C)S(=O)(=O)c2cccc(C(=O)Nc3nnc(SCc4c(Cl)cccc4Cl)s3)c2)cc1Cl. The van der Waals surface area contributed by atoms with Gasteiger partial charge in [0.2, 0.25) is 5.13 Å². The Morgan fingerprint density at radius 2 is 1.65 bits per heavy atom. The van der Waals surface area contributed by atoms with Crippen molar-refractivity contribution in [1.82, 2.24) is 10.2 Å². The van der Waals surface area contributed by atoms with Crippen LogP contribution in [-0.4, -0.2) is 45.8 Å². The van der Waals surface area contributed by atoms with Crippen LogP contribution in [0.25, 0.3) is 0 Å². The molecule has 0 spiro atoms. The fourth-order valence-corrected chi connectivity index (χ4v) is 7.44. The summed E-state index contributed by atoms with van der Waals surface area (Å²) in [6.45, 7) is 0. The number of benzene rings is 3. The van der Waals surface area contributed by atoms with Crippen molar-refractivity contribution >= 4 is 84.7 Å². The normalized spacial score (nSPS) is 11.2. The number of carbonyl (C=O) groups is 1. The predicted molar refractivity (Wildman–Crippen MR) is 160 cm³/mol. The quantitative estimate of drug-likeness (QED) is 0.145. The second-order valence-electron chi connectivity index (χ2n) is 7.98. The van der Waals surface area contributed by atoms with Gasteiger partial charge in [0.15, 0.2) is 4.34 Å². The lowest BCUT2D eigenvalue weighted by molar-refractivity contribution is 0.102. The number of halogens is 3. The molecule has 1 heterocycles. The molecule has 1 aromatic heterocycles. The zero-order chi connectivity index (χ0) is 29.0. The molecule has 40 heavy (non-hydrogen) atoms. The first-order valence-corrected chi connectivity index (χ1v) is 15.6. The lowest BCUT2D eigenvalue weighted by atomic mass is 10.2. The van der Waals surface area contributed by atoms with E-state index in [1.165, 1.54) is 80.8 Å². The summed E-state index contributed by atoms with van der Waals surface area (Å²) in [5.41, 5.74) is 1.08. The van der Waals surface area contributed by atoms with E-state index >= 15 is 0 Å². The van der Waals surface area contributed by atoms with Gasteiger partial charge in [0, 0.05) is 34.5 Å². The maximum atomic E-state index is 13.5. The molecule has 0 aliphatic rings. The fraction of sp³-hybridized carbons (Fsp3) is 0.160. The monoisotopic (exact) mass is 658 g/mol. The molecule has 3 aromatic carbocycles. The highest BCUT2D eigenvalue weighted by Crippen LogP contribution is 2.39. The number of hydrogen-bond acceptors (Lipinski definition) is 9. The first-order chi connectivity index (χ1) is 19.0. The average Bonchev–Trinajstić information content (AvgIpc) is 3.39. The van der Waals surface area contributed by atoms with Crippen LogP contribution in [0.4, 0.5) is 10.8 Å². The Morgan fingerprint density at radius 3 is 2.33 bits per heavy atom. The number of carbonyl (C=O) groups excluding carboxylic acids is 1. The number of rotatable bonds is 10. The molecule has 1 N–H and O–H groups in total. The molecule has 9 nitrogen and oxygen atoms in total. The highest BCUT2D eigenvalue weighted by Gasteiger charge is 2.26. The van der Waals surface area contributed by atoms with Crippen molar-refractivity contribution < 1.29 is 22.7 Å². The van der Waals surface area contributed by atoms with Gasteiger partial charge in [0.1, 0.15) is 11.5 Å². The Hall–Kier alpha value is -2.74. The van der Waals surface area contributed by atoms with E-state index in [0.29, 0.717) is 25.9 Å². The predicted octanol–water partition coefficient (Wildman–Crippen LogP) is 6.89. The lowest BCUT2D eigenvalue weighted by Gasteiger charge is -2.23. The topological polar surface area (TPSA) is 111 Å². The van der Waals surface area contributed by atoms with Gasteiger partial charge < -0.3 is 9.47 Å². The number of amides is 1. The molecule has 0 saturated heterocycles. The molecular weight excluding hydrogens is 639 g/mol. The van der Waals surface area contributed by atoms with Gasteiger partial charge in [-0.3, -0.25) is 14.4 Å². The van der Waals surface area contributed by atoms with Gasteiger partial charge in [-0.1, -0.05) is 70.0 Å². The summed E-state index contributed by atoms with van der Waals surface area (Å²) >= 11 is 21.2. The van der Waals surface area contributed by atoms with Crippen molar-refractivity contribution in [2.75, 3.05) is 30.9 Å². The number of hydrogen-bond donors (Lipinski definition) is 1. The van der Waals surface area contributed by atoms with Crippen LogP contribution < -0.4 is 19.1 Å². The molecule has 0 saturated carbocycles. The Kier molecular flexibility index (Phi) is 9.70. The van der Waals surface area contributed by atoms with Gasteiger partial charge in [0.25, 0.3) is 15.9 Å². The van der Waals surface area contributed by atoms with Crippen molar-refractivity contribution in [2.24, 2.45) is 0 Å². The molecule has 15 heteroatoms.